The third kappa shape index (κ3) is 3.15. The molecule has 2 aromatic carbocycles. The van der Waals surface area contributed by atoms with Crippen molar-refractivity contribution >= 4 is 44.9 Å². The van der Waals surface area contributed by atoms with Crippen LogP contribution in [0.15, 0.2) is 55.4 Å². The van der Waals surface area contributed by atoms with Crippen LogP contribution in [0.5, 0.6) is 5.75 Å². The van der Waals surface area contributed by atoms with Crippen molar-refractivity contribution in [3.05, 3.63) is 71.8 Å². The number of rotatable bonds is 3. The number of fused-ring (bicyclic) bond motifs is 3. The number of hydrogen-bond acceptors (Lipinski definition) is 5. The minimum atomic E-state index is -0.629. The molecule has 2 fully saturated rings. The third-order valence-electron chi connectivity index (χ3n) is 7.19. The molecule has 1 N–H and O–H groups in total. The van der Waals surface area contributed by atoms with Gasteiger partial charge in [0.25, 0.3) is 0 Å². The highest BCUT2D eigenvalue weighted by Crippen LogP contribution is 2.44. The van der Waals surface area contributed by atoms with Gasteiger partial charge in [0.2, 0.25) is 5.91 Å². The van der Waals surface area contributed by atoms with Gasteiger partial charge in [-0.25, -0.2) is 4.39 Å². The number of terminal acetylenes is 1. The van der Waals surface area contributed by atoms with Crippen LogP contribution in [-0.2, 0) is 4.79 Å². The van der Waals surface area contributed by atoms with Crippen molar-refractivity contribution in [2.24, 2.45) is 0 Å². The van der Waals surface area contributed by atoms with E-state index in [2.05, 4.69) is 27.4 Å². The van der Waals surface area contributed by atoms with E-state index in [-0.39, 0.29) is 35.0 Å². The number of phenolic OH excluding ortho intramolecular Hbond substituents is 1. The lowest BCUT2D eigenvalue weighted by Gasteiger charge is -2.48. The zero-order valence-electron chi connectivity index (χ0n) is 19.1. The number of phenols is 1. The highest BCUT2D eigenvalue weighted by atomic mass is 35.5. The number of aromatic hydroxyl groups is 1. The second-order valence-corrected chi connectivity index (χ2v) is 9.40. The van der Waals surface area contributed by atoms with Gasteiger partial charge in [-0.1, -0.05) is 36.2 Å². The molecule has 4 heterocycles. The first-order valence-corrected chi connectivity index (χ1v) is 11.9. The molecule has 36 heavy (non-hydrogen) atoms. The Morgan fingerprint density at radius 1 is 1.28 bits per heavy atom. The predicted octanol–water partition coefficient (Wildman–Crippen LogP) is 4.90. The molecule has 0 radical (unpaired) electrons. The van der Waals surface area contributed by atoms with Crippen LogP contribution in [0.2, 0.25) is 5.02 Å². The molecular weight excluding hydrogens is 479 g/mol. The van der Waals surface area contributed by atoms with E-state index in [4.69, 9.17) is 18.0 Å². The van der Waals surface area contributed by atoms with Crippen LogP contribution in [0.1, 0.15) is 12.0 Å². The van der Waals surface area contributed by atoms with Crippen molar-refractivity contribution in [2.75, 3.05) is 18.0 Å². The van der Waals surface area contributed by atoms with E-state index < -0.39 is 5.82 Å². The SMILES string of the molecule is C#Cc1cccc2cc(O)cc(-c3ncc4c(N5C[C@@H]6[C@H]5CCN6C(=O)C=C)c(Cl)cnc4c3F)c12. The summed E-state index contributed by atoms with van der Waals surface area (Å²) in [6.45, 7) is 4.80. The van der Waals surface area contributed by atoms with E-state index in [0.717, 1.165) is 6.42 Å². The molecule has 2 aliphatic rings. The van der Waals surface area contributed by atoms with Gasteiger partial charge in [-0.15, -0.1) is 6.42 Å². The fraction of sp³-hybridized carbons (Fsp3) is 0.179. The summed E-state index contributed by atoms with van der Waals surface area (Å²) in [5.41, 5.74) is 1.76. The fourth-order valence-electron chi connectivity index (χ4n) is 5.55. The molecule has 1 amide bonds. The summed E-state index contributed by atoms with van der Waals surface area (Å²) in [4.78, 5) is 24.8. The molecule has 8 heteroatoms. The summed E-state index contributed by atoms with van der Waals surface area (Å²) in [6.07, 6.45) is 10.8. The van der Waals surface area contributed by atoms with Crippen LogP contribution < -0.4 is 4.90 Å². The number of pyridine rings is 2. The number of nitrogens with zero attached hydrogens (tertiary/aromatic N) is 4. The number of amides is 1. The Bertz CT molecular complexity index is 1650. The summed E-state index contributed by atoms with van der Waals surface area (Å²) in [5.74, 6) is 1.89. The molecule has 6 rings (SSSR count). The van der Waals surface area contributed by atoms with Crippen molar-refractivity contribution in [3.63, 3.8) is 0 Å². The molecule has 178 valence electrons. The predicted molar refractivity (Wildman–Crippen MR) is 138 cm³/mol. The maximum atomic E-state index is 16.0. The van der Waals surface area contributed by atoms with E-state index in [1.165, 1.54) is 18.3 Å². The highest BCUT2D eigenvalue weighted by Gasteiger charge is 2.49. The molecule has 2 saturated heterocycles. The molecule has 2 atom stereocenters. The zero-order valence-corrected chi connectivity index (χ0v) is 19.8. The fourth-order valence-corrected chi connectivity index (χ4v) is 5.81. The van der Waals surface area contributed by atoms with Crippen LogP contribution in [-0.4, -0.2) is 51.1 Å². The Kier molecular flexibility index (Phi) is 5.09. The van der Waals surface area contributed by atoms with Crippen molar-refractivity contribution < 1.29 is 14.3 Å². The van der Waals surface area contributed by atoms with E-state index in [1.54, 1.807) is 30.5 Å². The molecule has 0 aliphatic carbocycles. The van der Waals surface area contributed by atoms with Crippen molar-refractivity contribution in [1.29, 1.82) is 0 Å². The van der Waals surface area contributed by atoms with Crippen molar-refractivity contribution in [2.45, 2.75) is 18.5 Å². The van der Waals surface area contributed by atoms with Crippen LogP contribution in [0.4, 0.5) is 10.1 Å². The molecule has 0 unspecified atom stereocenters. The average molecular weight is 499 g/mol. The molecule has 2 aliphatic heterocycles. The Balaban J connectivity index is 1.49. The highest BCUT2D eigenvalue weighted by molar-refractivity contribution is 6.34. The minimum absolute atomic E-state index is 0.0239. The lowest BCUT2D eigenvalue weighted by atomic mass is 9.94. The standard InChI is InChI=1S/C28H20ClFN4O2/c1-3-15-6-5-7-16-10-17(35)11-18(24(15)16)26-25(30)27-19(12-31-26)28(20(29)13-32-27)34-14-22-21(34)8-9-33(22)23(36)4-2/h1,4-7,10-13,21-22,35H,2,8-9,14H2/t21-,22-/m1/s1. The lowest BCUT2D eigenvalue weighted by molar-refractivity contribution is -0.127. The van der Waals surface area contributed by atoms with Crippen LogP contribution in [0, 0.1) is 18.2 Å². The van der Waals surface area contributed by atoms with E-state index in [0.29, 0.717) is 51.1 Å². The molecule has 0 saturated carbocycles. The second kappa shape index (κ2) is 8.21. The van der Waals surface area contributed by atoms with E-state index in [1.807, 2.05) is 4.90 Å². The van der Waals surface area contributed by atoms with Crippen LogP contribution >= 0.6 is 11.6 Å². The normalized spacial score (nSPS) is 18.7. The minimum Gasteiger partial charge on any atom is -0.508 e. The largest absolute Gasteiger partial charge is 0.508 e. The summed E-state index contributed by atoms with van der Waals surface area (Å²) in [7, 11) is 0. The smallest absolute Gasteiger partial charge is 0.246 e. The van der Waals surface area contributed by atoms with E-state index in [9.17, 15) is 9.90 Å². The lowest BCUT2D eigenvalue weighted by Crippen LogP contribution is -2.62. The summed E-state index contributed by atoms with van der Waals surface area (Å²) < 4.78 is 16.0. The summed E-state index contributed by atoms with van der Waals surface area (Å²) in [5, 5.41) is 12.5. The first kappa shape index (κ1) is 22.3. The number of anilines is 1. The zero-order chi connectivity index (χ0) is 25.1. The van der Waals surface area contributed by atoms with Gasteiger partial charge in [0, 0.05) is 47.4 Å². The topological polar surface area (TPSA) is 69.6 Å². The van der Waals surface area contributed by atoms with Gasteiger partial charge in [0.15, 0.2) is 5.82 Å². The third-order valence-corrected chi connectivity index (χ3v) is 7.47. The molecule has 0 spiro atoms. The first-order valence-electron chi connectivity index (χ1n) is 11.5. The molecule has 2 aromatic heterocycles. The monoisotopic (exact) mass is 498 g/mol. The van der Waals surface area contributed by atoms with Gasteiger partial charge in [-0.05, 0) is 36.1 Å². The van der Waals surface area contributed by atoms with Gasteiger partial charge in [0.05, 0.1) is 22.8 Å². The van der Waals surface area contributed by atoms with Crippen molar-refractivity contribution in [3.8, 4) is 29.4 Å². The number of carbonyl (C=O) groups is 1. The summed E-state index contributed by atoms with van der Waals surface area (Å²) in [6, 6.07) is 8.53. The maximum Gasteiger partial charge on any atom is 0.246 e. The van der Waals surface area contributed by atoms with Gasteiger partial charge in [-0.3, -0.25) is 14.8 Å². The van der Waals surface area contributed by atoms with Crippen molar-refractivity contribution in [1.82, 2.24) is 14.9 Å². The second-order valence-electron chi connectivity index (χ2n) is 8.99. The van der Waals surface area contributed by atoms with Gasteiger partial charge in [0.1, 0.15) is 17.0 Å². The van der Waals surface area contributed by atoms with Crippen LogP contribution in [0.3, 0.4) is 0 Å². The number of likely N-dealkylation sites (tertiary alicyclic amines) is 1. The average Bonchev–Trinajstić information content (AvgIpc) is 3.20. The Morgan fingerprint density at radius 2 is 2.11 bits per heavy atom. The number of halogens is 2. The quantitative estimate of drug-likeness (QED) is 0.321. The van der Waals surface area contributed by atoms with Gasteiger partial charge in [-0.2, -0.15) is 0 Å². The summed E-state index contributed by atoms with van der Waals surface area (Å²) >= 11 is 6.57. The van der Waals surface area contributed by atoms with Gasteiger partial charge < -0.3 is 14.9 Å². The first-order chi connectivity index (χ1) is 17.4. The number of carbonyl (C=O) groups excluding carboxylic acids is 1. The number of aromatic nitrogens is 2. The molecule has 0 bridgehead atoms. The molecular formula is C28H20ClFN4O2. The number of benzene rings is 2. The molecule has 6 nitrogen and oxygen atoms in total. The van der Waals surface area contributed by atoms with Crippen LogP contribution in [0.25, 0.3) is 32.9 Å². The number of hydrogen-bond donors (Lipinski definition) is 1. The molecule has 4 aromatic rings. The Hall–Kier alpha value is -4.15. The van der Waals surface area contributed by atoms with E-state index >= 15 is 4.39 Å². The van der Waals surface area contributed by atoms with Gasteiger partial charge >= 0.3 is 0 Å². The maximum absolute atomic E-state index is 16.0. The Labute approximate surface area is 211 Å². The Morgan fingerprint density at radius 3 is 2.89 bits per heavy atom.